The van der Waals surface area contributed by atoms with Gasteiger partial charge in [0.15, 0.2) is 0 Å². The quantitative estimate of drug-likeness (QED) is 0.322. The maximum absolute atomic E-state index is 13.2. The van der Waals surface area contributed by atoms with Crippen LogP contribution >= 0.6 is 11.6 Å². The van der Waals surface area contributed by atoms with Crippen molar-refractivity contribution in [2.24, 2.45) is 11.8 Å². The van der Waals surface area contributed by atoms with E-state index >= 15 is 0 Å². The van der Waals surface area contributed by atoms with Crippen molar-refractivity contribution >= 4 is 35.0 Å². The second-order valence-corrected chi connectivity index (χ2v) is 12.3. The topological polar surface area (TPSA) is 62.3 Å². The van der Waals surface area contributed by atoms with Crippen LogP contribution in [0.25, 0.3) is 0 Å². The van der Waals surface area contributed by atoms with E-state index in [0.717, 1.165) is 57.3 Å². The smallest absolute Gasteiger partial charge is 0.418 e. The summed E-state index contributed by atoms with van der Waals surface area (Å²) < 4.78 is 11.7. The molecule has 2 heterocycles. The minimum absolute atomic E-state index is 0.131. The van der Waals surface area contributed by atoms with Gasteiger partial charge in [0.25, 0.3) is 0 Å². The van der Waals surface area contributed by atoms with Crippen LogP contribution < -0.4 is 4.90 Å². The predicted molar refractivity (Wildman–Crippen MR) is 163 cm³/mol. The number of hydrogen-bond donors (Lipinski definition) is 0. The molecule has 0 N–H and O–H groups in total. The number of ether oxygens (including phenoxy) is 2. The normalized spacial score (nSPS) is 22.3. The number of carbonyl (C=O) groups is 2. The standard InChI is InChI=1S/C33H44ClN3O4/c34-28-13-15-31(16-14-28)37(30-7-3-1-4-8-30)33(39)41-24-27-11-9-26(10-12-27)23-40-25-32(38)36-21-17-29(18-22-36)35-19-5-2-6-20-35/h1,3-4,7-8,13-16,26-27,29H,2,5-6,9-12,17-25H2. The van der Waals surface area contributed by atoms with Gasteiger partial charge >= 0.3 is 6.09 Å². The molecule has 0 bridgehead atoms. The van der Waals surface area contributed by atoms with Crippen molar-refractivity contribution < 1.29 is 19.1 Å². The zero-order valence-electron chi connectivity index (χ0n) is 24.1. The zero-order valence-corrected chi connectivity index (χ0v) is 24.9. The molecule has 2 aliphatic heterocycles. The van der Waals surface area contributed by atoms with E-state index < -0.39 is 0 Å². The molecule has 2 aromatic carbocycles. The van der Waals surface area contributed by atoms with Crippen LogP contribution in [-0.2, 0) is 14.3 Å². The summed E-state index contributed by atoms with van der Waals surface area (Å²) in [6, 6.07) is 17.4. The number of carbonyl (C=O) groups excluding carboxylic acids is 2. The third-order valence-electron chi connectivity index (χ3n) is 8.99. The van der Waals surface area contributed by atoms with Gasteiger partial charge in [0.05, 0.1) is 24.6 Å². The van der Waals surface area contributed by atoms with Crippen LogP contribution in [-0.4, -0.2) is 73.8 Å². The zero-order chi connectivity index (χ0) is 28.4. The average Bonchev–Trinajstić information content (AvgIpc) is 3.03. The first-order valence-electron chi connectivity index (χ1n) is 15.4. The van der Waals surface area contributed by atoms with E-state index in [1.165, 1.54) is 32.4 Å². The Bertz CT molecular complexity index is 1090. The molecular formula is C33H44ClN3O4. The summed E-state index contributed by atoms with van der Waals surface area (Å²) in [5.41, 5.74) is 1.47. The maximum atomic E-state index is 13.2. The number of likely N-dealkylation sites (tertiary alicyclic amines) is 2. The Kier molecular flexibility index (Phi) is 11.0. The van der Waals surface area contributed by atoms with Crippen LogP contribution in [0.1, 0.15) is 57.8 Å². The molecule has 2 saturated heterocycles. The Morgan fingerprint density at radius 3 is 2.02 bits per heavy atom. The van der Waals surface area contributed by atoms with Crippen molar-refractivity contribution in [1.29, 1.82) is 0 Å². The highest BCUT2D eigenvalue weighted by molar-refractivity contribution is 6.30. The van der Waals surface area contributed by atoms with E-state index in [4.69, 9.17) is 21.1 Å². The van der Waals surface area contributed by atoms with Gasteiger partial charge in [-0.3, -0.25) is 4.79 Å². The highest BCUT2D eigenvalue weighted by atomic mass is 35.5. The molecule has 3 aliphatic rings. The first kappa shape index (κ1) is 29.9. The van der Waals surface area contributed by atoms with Gasteiger partial charge < -0.3 is 19.3 Å². The van der Waals surface area contributed by atoms with Gasteiger partial charge in [-0.05, 0) is 113 Å². The monoisotopic (exact) mass is 581 g/mol. The molecule has 2 aromatic rings. The van der Waals surface area contributed by atoms with E-state index in [1.54, 1.807) is 17.0 Å². The molecule has 0 atom stereocenters. The van der Waals surface area contributed by atoms with E-state index in [-0.39, 0.29) is 18.6 Å². The highest BCUT2D eigenvalue weighted by Gasteiger charge is 2.28. The highest BCUT2D eigenvalue weighted by Crippen LogP contribution is 2.31. The van der Waals surface area contributed by atoms with Gasteiger partial charge in [-0.1, -0.05) is 36.2 Å². The number of hydrogen-bond acceptors (Lipinski definition) is 5. The van der Waals surface area contributed by atoms with E-state index in [0.29, 0.717) is 41.8 Å². The second-order valence-electron chi connectivity index (χ2n) is 11.8. The van der Waals surface area contributed by atoms with Crippen molar-refractivity contribution in [1.82, 2.24) is 9.80 Å². The Morgan fingerprint density at radius 1 is 0.756 bits per heavy atom. The average molecular weight is 582 g/mol. The van der Waals surface area contributed by atoms with Crippen LogP contribution in [0.3, 0.4) is 0 Å². The molecule has 2 amide bonds. The Hall–Kier alpha value is -2.61. The SMILES string of the molecule is O=C(COCC1CCC(COC(=O)N(c2ccccc2)c2ccc(Cl)cc2)CC1)N1CCC(N2CCCCC2)CC1. The van der Waals surface area contributed by atoms with E-state index in [9.17, 15) is 9.59 Å². The van der Waals surface area contributed by atoms with Gasteiger partial charge in [0.1, 0.15) is 6.61 Å². The van der Waals surface area contributed by atoms with Gasteiger partial charge in [-0.25, -0.2) is 9.69 Å². The van der Waals surface area contributed by atoms with E-state index in [1.807, 2.05) is 47.4 Å². The number of rotatable bonds is 9. The van der Waals surface area contributed by atoms with Crippen molar-refractivity contribution in [3.63, 3.8) is 0 Å². The second kappa shape index (κ2) is 15.0. The van der Waals surface area contributed by atoms with Crippen molar-refractivity contribution in [3.8, 4) is 0 Å². The molecule has 5 rings (SSSR count). The molecule has 1 saturated carbocycles. The lowest BCUT2D eigenvalue weighted by Crippen LogP contribution is -2.48. The predicted octanol–water partition coefficient (Wildman–Crippen LogP) is 6.91. The first-order chi connectivity index (χ1) is 20.1. The van der Waals surface area contributed by atoms with Crippen LogP contribution in [0, 0.1) is 11.8 Å². The summed E-state index contributed by atoms with van der Waals surface area (Å²) in [4.78, 5) is 32.1. The number of halogens is 1. The number of anilines is 2. The third-order valence-corrected chi connectivity index (χ3v) is 9.25. The van der Waals surface area contributed by atoms with Crippen LogP contribution in [0.2, 0.25) is 5.02 Å². The number of para-hydroxylation sites is 1. The van der Waals surface area contributed by atoms with Gasteiger partial charge in [0, 0.05) is 24.2 Å². The van der Waals surface area contributed by atoms with Crippen molar-refractivity contribution in [3.05, 3.63) is 59.6 Å². The molecule has 3 fully saturated rings. The first-order valence-corrected chi connectivity index (χ1v) is 15.8. The van der Waals surface area contributed by atoms with Crippen molar-refractivity contribution in [2.75, 3.05) is 50.9 Å². The minimum Gasteiger partial charge on any atom is -0.449 e. The molecule has 222 valence electrons. The number of benzene rings is 2. The maximum Gasteiger partial charge on any atom is 0.418 e. The molecule has 8 heteroatoms. The molecule has 0 aromatic heterocycles. The fraction of sp³-hybridized carbons (Fsp3) is 0.576. The van der Waals surface area contributed by atoms with Crippen LogP contribution in [0.4, 0.5) is 16.2 Å². The molecule has 0 radical (unpaired) electrons. The summed E-state index contributed by atoms with van der Waals surface area (Å²) in [7, 11) is 0. The summed E-state index contributed by atoms with van der Waals surface area (Å²) in [5.74, 6) is 0.918. The summed E-state index contributed by atoms with van der Waals surface area (Å²) in [6.07, 6.45) is 9.81. The minimum atomic E-state index is -0.387. The molecule has 0 unspecified atom stereocenters. The molecule has 41 heavy (non-hydrogen) atoms. The summed E-state index contributed by atoms with van der Waals surface area (Å²) in [6.45, 7) is 5.37. The Morgan fingerprint density at radius 2 is 1.37 bits per heavy atom. The molecule has 7 nitrogen and oxygen atoms in total. The van der Waals surface area contributed by atoms with Gasteiger partial charge in [-0.2, -0.15) is 0 Å². The molecular weight excluding hydrogens is 538 g/mol. The lowest BCUT2D eigenvalue weighted by atomic mass is 9.83. The van der Waals surface area contributed by atoms with Gasteiger partial charge in [-0.15, -0.1) is 0 Å². The van der Waals surface area contributed by atoms with Crippen LogP contribution in [0.15, 0.2) is 54.6 Å². The largest absolute Gasteiger partial charge is 0.449 e. The molecule has 0 spiro atoms. The third kappa shape index (κ3) is 8.46. The fourth-order valence-corrected chi connectivity index (χ4v) is 6.64. The fourth-order valence-electron chi connectivity index (χ4n) is 6.51. The summed E-state index contributed by atoms with van der Waals surface area (Å²) in [5, 5.41) is 0.619. The Balaban J connectivity index is 0.995. The number of amides is 2. The number of piperidine rings is 2. The summed E-state index contributed by atoms with van der Waals surface area (Å²) >= 11 is 6.06. The molecule has 1 aliphatic carbocycles. The van der Waals surface area contributed by atoms with Crippen LogP contribution in [0.5, 0.6) is 0 Å². The lowest BCUT2D eigenvalue weighted by molar-refractivity contribution is -0.138. The van der Waals surface area contributed by atoms with E-state index in [2.05, 4.69) is 4.90 Å². The number of nitrogens with zero attached hydrogens (tertiary/aromatic N) is 3. The van der Waals surface area contributed by atoms with Crippen molar-refractivity contribution in [2.45, 2.75) is 63.8 Å². The Labute approximate surface area is 249 Å². The van der Waals surface area contributed by atoms with Gasteiger partial charge in [0.2, 0.25) is 5.91 Å². The lowest BCUT2D eigenvalue weighted by Gasteiger charge is -2.40.